The molecular weight excluding hydrogens is 604 g/mol. The van der Waals surface area contributed by atoms with Crippen LogP contribution in [0.25, 0.3) is 32.8 Å². The van der Waals surface area contributed by atoms with Crippen LogP contribution in [-0.4, -0.2) is 62.3 Å². The summed E-state index contributed by atoms with van der Waals surface area (Å²) in [6.07, 6.45) is 6.20. The zero-order valence-electron chi connectivity index (χ0n) is 25.0. The molecule has 0 saturated heterocycles. The number of nitrogens with zero attached hydrogens (tertiary/aromatic N) is 5. The number of pyridine rings is 2. The van der Waals surface area contributed by atoms with Crippen LogP contribution in [0.5, 0.6) is 5.75 Å². The normalized spacial score (nSPS) is 11.3. The molecule has 0 saturated carbocycles. The van der Waals surface area contributed by atoms with Crippen molar-refractivity contribution in [3.63, 3.8) is 0 Å². The number of nitrogens with one attached hydrogen (secondary N) is 2. The van der Waals surface area contributed by atoms with E-state index in [1.807, 2.05) is 60.8 Å². The molecule has 0 aliphatic heterocycles. The maximum atomic E-state index is 11.7. The fourth-order valence-electron chi connectivity index (χ4n) is 5.29. The number of ether oxygens (including phenoxy) is 1. The average Bonchev–Trinajstić information content (AvgIpc) is 3.53. The molecule has 6 aromatic rings. The first-order chi connectivity index (χ1) is 22.5. The smallest absolute Gasteiger partial charge is 0.248 e. The van der Waals surface area contributed by atoms with Crippen molar-refractivity contribution in [1.29, 1.82) is 0 Å². The monoisotopic (exact) mass is 636 g/mol. The lowest BCUT2D eigenvalue weighted by Crippen LogP contribution is -2.17. The van der Waals surface area contributed by atoms with Crippen molar-refractivity contribution in [2.24, 2.45) is 5.73 Å². The summed E-state index contributed by atoms with van der Waals surface area (Å²) in [6.45, 7) is 2.71. The van der Waals surface area contributed by atoms with Gasteiger partial charge in [-0.15, -0.1) is 5.10 Å². The van der Waals surface area contributed by atoms with Gasteiger partial charge in [-0.05, 0) is 35.9 Å². The van der Waals surface area contributed by atoms with Crippen molar-refractivity contribution in [3.05, 3.63) is 107 Å². The second-order valence-corrected chi connectivity index (χ2v) is 11.1. The van der Waals surface area contributed by atoms with Gasteiger partial charge in [-0.2, -0.15) is 0 Å². The molecule has 0 radical (unpaired) electrons. The van der Waals surface area contributed by atoms with Crippen LogP contribution < -0.4 is 21.1 Å². The molecule has 0 spiro atoms. The highest BCUT2D eigenvalue weighted by molar-refractivity contribution is 6.33. The fraction of sp³-hybridized carbons (Fsp3) is 0.206. The predicted octanol–water partition coefficient (Wildman–Crippen LogP) is 4.61. The van der Waals surface area contributed by atoms with Crippen LogP contribution >= 0.6 is 11.6 Å². The van der Waals surface area contributed by atoms with E-state index in [0.717, 1.165) is 51.5 Å². The zero-order chi connectivity index (χ0) is 31.9. The Balaban J connectivity index is 1.01. The molecule has 5 N–H and O–H groups in total. The molecule has 0 atom stereocenters. The Kier molecular flexibility index (Phi) is 9.63. The van der Waals surface area contributed by atoms with Crippen LogP contribution in [0.4, 0.5) is 5.82 Å². The predicted molar refractivity (Wildman–Crippen MR) is 179 cm³/mol. The summed E-state index contributed by atoms with van der Waals surface area (Å²) in [5, 5.41) is 28.0. The SMILES string of the molecule is NC(=O)c1ccc2c(c1)nc(NCCn1cc(CCNCc3ccc(-c4ccccc4OCCO)c(Cl)c3)nn1)c1ccncc12. The number of hydrogen-bond acceptors (Lipinski definition) is 9. The Labute approximate surface area is 270 Å². The molecule has 0 unspecified atom stereocenters. The second kappa shape index (κ2) is 14.3. The fourth-order valence-corrected chi connectivity index (χ4v) is 5.60. The Morgan fingerprint density at radius 3 is 2.74 bits per heavy atom. The van der Waals surface area contributed by atoms with Gasteiger partial charge in [0.25, 0.3) is 0 Å². The van der Waals surface area contributed by atoms with E-state index in [1.165, 1.54) is 0 Å². The number of fused-ring (bicyclic) bond motifs is 3. The third-order valence-corrected chi connectivity index (χ3v) is 7.86. The van der Waals surface area contributed by atoms with Gasteiger partial charge in [0.2, 0.25) is 5.91 Å². The second-order valence-electron chi connectivity index (χ2n) is 10.7. The number of benzene rings is 3. The first-order valence-electron chi connectivity index (χ1n) is 14.9. The van der Waals surface area contributed by atoms with Crippen molar-refractivity contribution in [2.75, 3.05) is 31.6 Å². The maximum Gasteiger partial charge on any atom is 0.248 e. The minimum atomic E-state index is -0.496. The maximum absolute atomic E-state index is 11.7. The van der Waals surface area contributed by atoms with E-state index in [0.29, 0.717) is 47.3 Å². The van der Waals surface area contributed by atoms with Crippen LogP contribution in [0.15, 0.2) is 85.3 Å². The zero-order valence-corrected chi connectivity index (χ0v) is 25.7. The lowest BCUT2D eigenvalue weighted by Gasteiger charge is -2.13. The van der Waals surface area contributed by atoms with Gasteiger partial charge >= 0.3 is 0 Å². The number of para-hydroxylation sites is 1. The Morgan fingerprint density at radius 2 is 1.89 bits per heavy atom. The van der Waals surface area contributed by atoms with Gasteiger partial charge in [-0.3, -0.25) is 14.5 Å². The van der Waals surface area contributed by atoms with Crippen molar-refractivity contribution < 1.29 is 14.6 Å². The highest BCUT2D eigenvalue weighted by Gasteiger charge is 2.12. The van der Waals surface area contributed by atoms with Gasteiger partial charge < -0.3 is 26.2 Å². The van der Waals surface area contributed by atoms with E-state index in [4.69, 9.17) is 32.2 Å². The number of aliphatic hydroxyl groups is 1. The van der Waals surface area contributed by atoms with Crippen LogP contribution in [-0.2, 0) is 19.5 Å². The number of aromatic nitrogens is 5. The van der Waals surface area contributed by atoms with Crippen LogP contribution in [0.3, 0.4) is 0 Å². The molecule has 3 aromatic heterocycles. The molecule has 0 fully saturated rings. The van der Waals surface area contributed by atoms with Crippen molar-refractivity contribution in [1.82, 2.24) is 30.3 Å². The summed E-state index contributed by atoms with van der Waals surface area (Å²) >= 11 is 6.65. The number of primary amides is 1. The van der Waals surface area contributed by atoms with Crippen molar-refractivity contribution in [2.45, 2.75) is 19.5 Å². The Morgan fingerprint density at radius 1 is 1.00 bits per heavy atom. The third kappa shape index (κ3) is 7.07. The number of anilines is 1. The van der Waals surface area contributed by atoms with Gasteiger partial charge in [0.05, 0.1) is 24.4 Å². The quantitative estimate of drug-likeness (QED) is 0.0991. The van der Waals surface area contributed by atoms with Crippen molar-refractivity contribution in [3.8, 4) is 16.9 Å². The molecule has 3 aromatic carbocycles. The number of carbonyl (C=O) groups excluding carboxylic acids is 1. The minimum Gasteiger partial charge on any atom is -0.491 e. The van der Waals surface area contributed by atoms with Crippen LogP contribution in [0.1, 0.15) is 21.6 Å². The molecule has 12 heteroatoms. The molecule has 3 heterocycles. The van der Waals surface area contributed by atoms with E-state index in [9.17, 15) is 4.79 Å². The number of hydrogen-bond donors (Lipinski definition) is 4. The van der Waals surface area contributed by atoms with E-state index in [-0.39, 0.29) is 13.2 Å². The molecule has 0 aliphatic carbocycles. The summed E-state index contributed by atoms with van der Waals surface area (Å²) in [5.74, 6) is 0.886. The van der Waals surface area contributed by atoms with Crippen LogP contribution in [0.2, 0.25) is 5.02 Å². The van der Waals surface area contributed by atoms with E-state index >= 15 is 0 Å². The van der Waals surface area contributed by atoms with E-state index < -0.39 is 5.91 Å². The summed E-state index contributed by atoms with van der Waals surface area (Å²) in [4.78, 5) is 20.8. The lowest BCUT2D eigenvalue weighted by atomic mass is 10.0. The molecule has 0 bridgehead atoms. The number of amides is 1. The number of rotatable bonds is 14. The summed E-state index contributed by atoms with van der Waals surface area (Å²) < 4.78 is 7.48. The number of halogens is 1. The first kappa shape index (κ1) is 30.9. The van der Waals surface area contributed by atoms with E-state index in [1.54, 1.807) is 29.2 Å². The number of carbonyl (C=O) groups is 1. The van der Waals surface area contributed by atoms with Gasteiger partial charge in [-0.25, -0.2) is 4.98 Å². The number of aliphatic hydroxyl groups excluding tert-OH is 1. The third-order valence-electron chi connectivity index (χ3n) is 7.55. The molecule has 234 valence electrons. The van der Waals surface area contributed by atoms with Gasteiger partial charge in [0.1, 0.15) is 18.2 Å². The largest absolute Gasteiger partial charge is 0.491 e. The molecule has 46 heavy (non-hydrogen) atoms. The molecule has 11 nitrogen and oxygen atoms in total. The van der Waals surface area contributed by atoms with Gasteiger partial charge in [-0.1, -0.05) is 53.2 Å². The summed E-state index contributed by atoms with van der Waals surface area (Å²) in [6, 6.07) is 20.8. The number of nitrogens with two attached hydrogens (primary N) is 1. The molecule has 1 amide bonds. The van der Waals surface area contributed by atoms with Crippen LogP contribution in [0, 0.1) is 0 Å². The van der Waals surface area contributed by atoms with E-state index in [2.05, 4.69) is 25.9 Å². The highest BCUT2D eigenvalue weighted by Crippen LogP contribution is 2.35. The molecular formula is C34H33ClN8O3. The molecule has 0 aliphatic rings. The van der Waals surface area contributed by atoms with Crippen molar-refractivity contribution >= 4 is 45.0 Å². The highest BCUT2D eigenvalue weighted by atomic mass is 35.5. The Bertz CT molecular complexity index is 2000. The summed E-state index contributed by atoms with van der Waals surface area (Å²) in [5.41, 5.74) is 10.3. The minimum absolute atomic E-state index is 0.0533. The summed E-state index contributed by atoms with van der Waals surface area (Å²) in [7, 11) is 0. The lowest BCUT2D eigenvalue weighted by molar-refractivity contribution is 0.100. The van der Waals surface area contributed by atoms with Gasteiger partial charge in [0.15, 0.2) is 0 Å². The van der Waals surface area contributed by atoms with Gasteiger partial charge in [0, 0.05) is 82.5 Å². The first-order valence-corrected chi connectivity index (χ1v) is 15.3. The Hall–Kier alpha value is -5.10. The molecule has 6 rings (SSSR count). The topological polar surface area (TPSA) is 153 Å². The average molecular weight is 637 g/mol. The standard InChI is InChI=1S/C34H33ClN8O3/c35-30-17-22(5-7-25(30)27-3-1-2-4-32(27)46-16-15-44)19-37-11-9-24-21-43(42-41-24)14-13-39-34-28-10-12-38-20-29(28)26-8-6-23(33(36)45)18-31(26)40-34/h1-8,10,12,17-18,20-21,37,44H,9,11,13-16,19H2,(H2,36,45)(H,39,40).